The third-order valence-corrected chi connectivity index (χ3v) is 1.71. The van der Waals surface area contributed by atoms with Crippen LogP contribution in [0.5, 0.6) is 0 Å². The van der Waals surface area contributed by atoms with Crippen LogP contribution in [0.4, 0.5) is 11.6 Å². The molecule has 2 rings (SSSR count). The molecular weight excluding hydrogens is 172 g/mol. The normalized spacial score (nSPS) is 10.5. The number of anilines is 1. The summed E-state index contributed by atoms with van der Waals surface area (Å²) in [5.41, 5.74) is 6.53. The lowest BCUT2D eigenvalue weighted by Gasteiger charge is -1.88. The van der Waals surface area contributed by atoms with Crippen LogP contribution in [0.25, 0.3) is 11.0 Å². The highest BCUT2D eigenvalue weighted by molar-refractivity contribution is 5.82. The third kappa shape index (κ3) is 1.20. The van der Waals surface area contributed by atoms with Crippen molar-refractivity contribution in [3.8, 4) is 0 Å². The first-order valence-electron chi connectivity index (χ1n) is 3.60. The van der Waals surface area contributed by atoms with Crippen molar-refractivity contribution >= 4 is 22.5 Å². The maximum atomic E-state index is 10.3. The summed E-state index contributed by atoms with van der Waals surface area (Å²) in [6, 6.07) is 6.23. The fourth-order valence-corrected chi connectivity index (χ4v) is 1.14. The molecule has 0 aliphatic carbocycles. The first kappa shape index (κ1) is 7.60. The Morgan fingerprint density at radius 2 is 2.15 bits per heavy atom. The minimum Gasteiger partial charge on any atom is -0.401 e. The van der Waals surface area contributed by atoms with Crippen LogP contribution in [0.2, 0.25) is 0 Å². The van der Waals surface area contributed by atoms with Gasteiger partial charge in [0.05, 0.1) is 6.07 Å². The van der Waals surface area contributed by atoms with Gasteiger partial charge in [0.25, 0.3) is 0 Å². The molecule has 0 aliphatic heterocycles. The first-order chi connectivity index (χ1) is 6.16. The van der Waals surface area contributed by atoms with E-state index >= 15 is 0 Å². The topological polar surface area (TPSA) is 82.3 Å². The summed E-state index contributed by atoms with van der Waals surface area (Å²) in [5, 5.41) is 11.0. The Balaban J connectivity index is 2.68. The molecule has 0 unspecified atom stereocenters. The molecule has 2 aromatic rings. The van der Waals surface area contributed by atoms with Gasteiger partial charge in [0, 0.05) is 11.1 Å². The number of hydrogen-bond donors (Lipinski definition) is 1. The molecule has 1 aromatic heterocycles. The molecule has 1 aromatic carbocycles. The Kier molecular flexibility index (Phi) is 1.45. The number of fused-ring (bicyclic) bond motifs is 1. The molecule has 0 saturated heterocycles. The van der Waals surface area contributed by atoms with Crippen LogP contribution in [0.1, 0.15) is 0 Å². The van der Waals surface area contributed by atoms with Gasteiger partial charge in [0.2, 0.25) is 0 Å². The Labute approximate surface area is 72.9 Å². The molecule has 0 bridgehead atoms. The van der Waals surface area contributed by atoms with Gasteiger partial charge in [-0.05, 0) is 18.2 Å². The zero-order valence-corrected chi connectivity index (χ0v) is 6.56. The van der Waals surface area contributed by atoms with Gasteiger partial charge in [-0.1, -0.05) is 0 Å². The quantitative estimate of drug-likeness (QED) is 0.410. The Bertz CT molecular complexity index is 475. The van der Waals surface area contributed by atoms with Gasteiger partial charge < -0.3 is 10.2 Å². The molecule has 66 valence electrons. The van der Waals surface area contributed by atoms with Crippen molar-refractivity contribution in [2.75, 3.05) is 5.73 Å². The van der Waals surface area contributed by atoms with Gasteiger partial charge in [-0.25, -0.2) is 0 Å². The van der Waals surface area contributed by atoms with Crippen LogP contribution in [0.15, 0.2) is 28.7 Å². The fraction of sp³-hybridized carbons (Fsp3) is 0. The van der Waals surface area contributed by atoms with E-state index in [1.54, 1.807) is 18.2 Å². The summed E-state index contributed by atoms with van der Waals surface area (Å²) in [7, 11) is 0. The number of nitrogens with zero attached hydrogens (tertiary/aromatic N) is 1. The number of benzene rings is 1. The number of nitro groups is 1. The molecule has 1 heterocycles. The summed E-state index contributed by atoms with van der Waals surface area (Å²) in [6.07, 6.45) is 0. The smallest absolute Gasteiger partial charge is 0.401 e. The van der Waals surface area contributed by atoms with Crippen molar-refractivity contribution < 1.29 is 9.34 Å². The highest BCUT2D eigenvalue weighted by Gasteiger charge is 2.12. The lowest BCUT2D eigenvalue weighted by Crippen LogP contribution is -1.82. The van der Waals surface area contributed by atoms with Gasteiger partial charge in [-0.15, -0.1) is 0 Å². The van der Waals surface area contributed by atoms with E-state index in [2.05, 4.69) is 0 Å². The molecule has 5 heteroatoms. The molecular formula is C8H6N2O3. The molecule has 0 fully saturated rings. The van der Waals surface area contributed by atoms with E-state index in [9.17, 15) is 10.1 Å². The molecule has 5 nitrogen and oxygen atoms in total. The average molecular weight is 178 g/mol. The standard InChI is InChI=1S/C8H6N2O3/c9-6-1-2-7-5(3-6)4-8(13-7)10(11)12/h1-4H,9H2. The van der Waals surface area contributed by atoms with E-state index < -0.39 is 4.92 Å². The minimum atomic E-state index is -0.573. The van der Waals surface area contributed by atoms with E-state index in [-0.39, 0.29) is 5.88 Å². The van der Waals surface area contributed by atoms with Crippen molar-refractivity contribution in [2.45, 2.75) is 0 Å². The molecule has 0 spiro atoms. The maximum Gasteiger partial charge on any atom is 0.434 e. The summed E-state index contributed by atoms with van der Waals surface area (Å²) < 4.78 is 4.93. The maximum absolute atomic E-state index is 10.3. The third-order valence-electron chi connectivity index (χ3n) is 1.71. The summed E-state index contributed by atoms with van der Waals surface area (Å²) in [5.74, 6) is -0.263. The predicted molar refractivity (Wildman–Crippen MR) is 47.3 cm³/mol. The SMILES string of the molecule is Nc1ccc2oc([N+](=O)[O-])cc2c1. The van der Waals surface area contributed by atoms with Gasteiger partial charge >= 0.3 is 5.88 Å². The van der Waals surface area contributed by atoms with Crippen molar-refractivity contribution in [2.24, 2.45) is 0 Å². The summed E-state index contributed by atoms with van der Waals surface area (Å²) in [6.45, 7) is 0. The zero-order valence-electron chi connectivity index (χ0n) is 6.56. The molecule has 13 heavy (non-hydrogen) atoms. The van der Waals surface area contributed by atoms with Crippen LogP contribution in [-0.2, 0) is 0 Å². The largest absolute Gasteiger partial charge is 0.434 e. The zero-order chi connectivity index (χ0) is 9.42. The van der Waals surface area contributed by atoms with Crippen LogP contribution < -0.4 is 5.73 Å². The Hall–Kier alpha value is -2.04. The number of nitrogens with two attached hydrogens (primary N) is 1. The molecule has 0 atom stereocenters. The van der Waals surface area contributed by atoms with Crippen LogP contribution >= 0.6 is 0 Å². The second kappa shape index (κ2) is 2.48. The molecule has 0 aliphatic rings. The number of nitrogen functional groups attached to an aromatic ring is 1. The van der Waals surface area contributed by atoms with Crippen LogP contribution in [0.3, 0.4) is 0 Å². The number of hydrogen-bond acceptors (Lipinski definition) is 4. The Morgan fingerprint density at radius 3 is 2.85 bits per heavy atom. The second-order valence-electron chi connectivity index (χ2n) is 2.64. The predicted octanol–water partition coefficient (Wildman–Crippen LogP) is 1.92. The van der Waals surface area contributed by atoms with Crippen molar-refractivity contribution in [1.82, 2.24) is 0 Å². The second-order valence-corrected chi connectivity index (χ2v) is 2.64. The van der Waals surface area contributed by atoms with E-state index in [1.165, 1.54) is 6.07 Å². The molecule has 0 radical (unpaired) electrons. The van der Waals surface area contributed by atoms with Gasteiger partial charge in [0.15, 0.2) is 0 Å². The monoisotopic (exact) mass is 178 g/mol. The molecule has 0 amide bonds. The molecule has 2 N–H and O–H groups in total. The number of rotatable bonds is 1. The van der Waals surface area contributed by atoms with E-state index in [0.717, 1.165) is 0 Å². The van der Waals surface area contributed by atoms with Crippen LogP contribution in [0, 0.1) is 10.1 Å². The lowest BCUT2D eigenvalue weighted by molar-refractivity contribution is -0.401. The average Bonchev–Trinajstić information content (AvgIpc) is 2.46. The fourth-order valence-electron chi connectivity index (χ4n) is 1.14. The lowest BCUT2D eigenvalue weighted by atomic mass is 10.2. The van der Waals surface area contributed by atoms with E-state index in [0.29, 0.717) is 16.7 Å². The van der Waals surface area contributed by atoms with Gasteiger partial charge in [0.1, 0.15) is 10.5 Å². The molecule has 0 saturated carbocycles. The first-order valence-corrected chi connectivity index (χ1v) is 3.60. The Morgan fingerprint density at radius 1 is 1.38 bits per heavy atom. The highest BCUT2D eigenvalue weighted by atomic mass is 16.6. The van der Waals surface area contributed by atoms with Gasteiger partial charge in [-0.3, -0.25) is 10.1 Å². The number of furan rings is 1. The van der Waals surface area contributed by atoms with E-state index in [4.69, 9.17) is 10.2 Å². The summed E-state index contributed by atoms with van der Waals surface area (Å²) in [4.78, 5) is 9.76. The minimum absolute atomic E-state index is 0.263. The van der Waals surface area contributed by atoms with Crippen molar-refractivity contribution in [3.05, 3.63) is 34.4 Å². The van der Waals surface area contributed by atoms with Crippen molar-refractivity contribution in [1.29, 1.82) is 0 Å². The van der Waals surface area contributed by atoms with Crippen molar-refractivity contribution in [3.63, 3.8) is 0 Å². The van der Waals surface area contributed by atoms with Gasteiger partial charge in [-0.2, -0.15) is 0 Å². The summed E-state index contributed by atoms with van der Waals surface area (Å²) >= 11 is 0. The van der Waals surface area contributed by atoms with Crippen LogP contribution in [-0.4, -0.2) is 4.92 Å². The highest BCUT2D eigenvalue weighted by Crippen LogP contribution is 2.25. The van der Waals surface area contributed by atoms with E-state index in [1.807, 2.05) is 0 Å².